The summed E-state index contributed by atoms with van der Waals surface area (Å²) in [6.45, 7) is 10.6. The highest BCUT2D eigenvalue weighted by molar-refractivity contribution is 7.99. The maximum Gasteiger partial charge on any atom is 0.191 e. The monoisotopic (exact) mass is 380 g/mol. The molecule has 146 valence electrons. The Hall–Kier alpha value is -1.27. The molecule has 1 aromatic rings. The van der Waals surface area contributed by atoms with E-state index in [0.29, 0.717) is 12.1 Å². The van der Waals surface area contributed by atoms with Gasteiger partial charge in [0.2, 0.25) is 0 Å². The third kappa shape index (κ3) is 7.54. The van der Waals surface area contributed by atoms with E-state index < -0.39 is 0 Å². The summed E-state index contributed by atoms with van der Waals surface area (Å²) in [7, 11) is 0. The fourth-order valence-electron chi connectivity index (χ4n) is 3.05. The number of hydrogen-bond donors (Lipinski definition) is 2. The highest BCUT2D eigenvalue weighted by atomic mass is 32.2. The molecule has 0 saturated carbocycles. The van der Waals surface area contributed by atoms with Gasteiger partial charge in [-0.2, -0.15) is 0 Å². The Morgan fingerprint density at radius 1 is 1.27 bits per heavy atom. The molecule has 0 spiro atoms. The Balaban J connectivity index is 1.70. The van der Waals surface area contributed by atoms with E-state index in [1.54, 1.807) is 11.8 Å². The summed E-state index contributed by atoms with van der Waals surface area (Å²) in [5.41, 5.74) is 0. The Bertz CT molecular complexity index is 539. The maximum absolute atomic E-state index is 12.9. The molecule has 0 amide bonds. The van der Waals surface area contributed by atoms with Gasteiger partial charge in [0.25, 0.3) is 0 Å². The van der Waals surface area contributed by atoms with Crippen LogP contribution < -0.4 is 10.6 Å². The normalized spacial score (nSPS) is 16.9. The average Bonchev–Trinajstić information content (AvgIpc) is 2.63. The second kappa shape index (κ2) is 11.4. The molecule has 0 bridgehead atoms. The number of rotatable bonds is 8. The van der Waals surface area contributed by atoms with Crippen LogP contribution in [0.5, 0.6) is 0 Å². The predicted molar refractivity (Wildman–Crippen MR) is 111 cm³/mol. The number of aliphatic imine (C=N–C) groups is 1. The Labute approximate surface area is 162 Å². The van der Waals surface area contributed by atoms with E-state index in [2.05, 4.69) is 36.3 Å². The number of likely N-dealkylation sites (tertiary alicyclic amines) is 1. The molecule has 26 heavy (non-hydrogen) atoms. The van der Waals surface area contributed by atoms with Crippen molar-refractivity contribution >= 4 is 17.7 Å². The number of hydrogen-bond acceptors (Lipinski definition) is 3. The molecule has 1 aliphatic rings. The Morgan fingerprint density at radius 2 is 1.96 bits per heavy atom. The standard InChI is InChI=1S/C20H33FN4S/c1-4-22-20(24-18-10-13-25(14-11-18)16(2)3)23-12-5-15-26-19-8-6-17(21)7-9-19/h6-9,16,18H,4-5,10-15H2,1-3H3,(H2,22,23,24). The van der Waals surface area contributed by atoms with Gasteiger partial charge in [-0.25, -0.2) is 4.39 Å². The molecule has 1 heterocycles. The van der Waals surface area contributed by atoms with Crippen molar-refractivity contribution in [3.63, 3.8) is 0 Å². The summed E-state index contributed by atoms with van der Waals surface area (Å²) in [6.07, 6.45) is 3.34. The van der Waals surface area contributed by atoms with Gasteiger partial charge in [-0.15, -0.1) is 11.8 Å². The number of halogens is 1. The molecule has 1 saturated heterocycles. The van der Waals surface area contributed by atoms with Gasteiger partial charge in [-0.1, -0.05) is 0 Å². The van der Waals surface area contributed by atoms with E-state index in [0.717, 1.165) is 49.2 Å². The van der Waals surface area contributed by atoms with Gasteiger partial charge in [-0.3, -0.25) is 4.99 Å². The second-order valence-electron chi connectivity index (χ2n) is 6.96. The summed E-state index contributed by atoms with van der Waals surface area (Å²) in [6, 6.07) is 7.83. The summed E-state index contributed by atoms with van der Waals surface area (Å²) >= 11 is 1.75. The van der Waals surface area contributed by atoms with Gasteiger partial charge in [0.15, 0.2) is 5.96 Å². The average molecular weight is 381 g/mol. The largest absolute Gasteiger partial charge is 0.357 e. The van der Waals surface area contributed by atoms with Crippen LogP contribution in [-0.2, 0) is 0 Å². The van der Waals surface area contributed by atoms with E-state index in [9.17, 15) is 4.39 Å². The lowest BCUT2D eigenvalue weighted by Gasteiger charge is -2.35. The van der Waals surface area contributed by atoms with E-state index in [1.807, 2.05) is 12.1 Å². The van der Waals surface area contributed by atoms with Gasteiger partial charge in [-0.05, 0) is 70.1 Å². The quantitative estimate of drug-likeness (QED) is 0.312. The molecule has 0 aromatic heterocycles. The molecule has 6 heteroatoms. The van der Waals surface area contributed by atoms with Crippen molar-refractivity contribution in [2.45, 2.75) is 57.0 Å². The minimum atomic E-state index is -0.181. The van der Waals surface area contributed by atoms with Crippen molar-refractivity contribution < 1.29 is 4.39 Å². The lowest BCUT2D eigenvalue weighted by Crippen LogP contribution is -2.49. The van der Waals surface area contributed by atoms with E-state index in [-0.39, 0.29) is 5.82 Å². The number of thioether (sulfide) groups is 1. The summed E-state index contributed by atoms with van der Waals surface area (Å²) in [5.74, 6) is 1.74. The van der Waals surface area contributed by atoms with Crippen LogP contribution >= 0.6 is 11.8 Å². The molecule has 1 fully saturated rings. The van der Waals surface area contributed by atoms with Crippen molar-refractivity contribution in [3.8, 4) is 0 Å². The maximum atomic E-state index is 12.9. The molecule has 0 atom stereocenters. The zero-order valence-electron chi connectivity index (χ0n) is 16.3. The SMILES string of the molecule is CCNC(=NCCCSc1ccc(F)cc1)NC1CCN(C(C)C)CC1. The first-order chi connectivity index (χ1) is 12.6. The van der Waals surface area contributed by atoms with Crippen LogP contribution in [0.2, 0.25) is 0 Å². The van der Waals surface area contributed by atoms with Crippen LogP contribution in [0.3, 0.4) is 0 Å². The third-order valence-electron chi connectivity index (χ3n) is 4.60. The molecule has 2 N–H and O–H groups in total. The van der Waals surface area contributed by atoms with Gasteiger partial charge in [0.1, 0.15) is 5.82 Å². The Kier molecular flexibility index (Phi) is 9.26. The minimum absolute atomic E-state index is 0.181. The minimum Gasteiger partial charge on any atom is -0.357 e. The molecule has 0 unspecified atom stereocenters. The van der Waals surface area contributed by atoms with E-state index >= 15 is 0 Å². The van der Waals surface area contributed by atoms with E-state index in [4.69, 9.17) is 4.99 Å². The number of nitrogens with one attached hydrogen (secondary N) is 2. The lowest BCUT2D eigenvalue weighted by atomic mass is 10.0. The van der Waals surface area contributed by atoms with Crippen LogP contribution in [0.4, 0.5) is 4.39 Å². The zero-order valence-corrected chi connectivity index (χ0v) is 17.1. The van der Waals surface area contributed by atoms with Gasteiger partial charge in [0, 0.05) is 43.2 Å². The molecular weight excluding hydrogens is 347 g/mol. The molecule has 4 nitrogen and oxygen atoms in total. The first kappa shape index (κ1) is 21.0. The van der Waals surface area contributed by atoms with Gasteiger partial charge >= 0.3 is 0 Å². The summed E-state index contributed by atoms with van der Waals surface area (Å²) in [4.78, 5) is 8.36. The van der Waals surface area contributed by atoms with Crippen molar-refractivity contribution in [3.05, 3.63) is 30.1 Å². The van der Waals surface area contributed by atoms with Crippen molar-refractivity contribution in [1.82, 2.24) is 15.5 Å². The Morgan fingerprint density at radius 3 is 2.58 bits per heavy atom. The third-order valence-corrected chi connectivity index (χ3v) is 5.70. The van der Waals surface area contributed by atoms with Gasteiger partial charge in [0.05, 0.1) is 0 Å². The lowest BCUT2D eigenvalue weighted by molar-refractivity contribution is 0.167. The molecular formula is C20H33FN4S. The molecule has 2 rings (SSSR count). The first-order valence-electron chi connectivity index (χ1n) is 9.75. The second-order valence-corrected chi connectivity index (χ2v) is 8.13. The van der Waals surface area contributed by atoms with Crippen LogP contribution in [0.25, 0.3) is 0 Å². The number of piperidine rings is 1. The topological polar surface area (TPSA) is 39.7 Å². The zero-order chi connectivity index (χ0) is 18.8. The van der Waals surface area contributed by atoms with Crippen LogP contribution in [0, 0.1) is 5.82 Å². The van der Waals surface area contributed by atoms with Gasteiger partial charge < -0.3 is 15.5 Å². The van der Waals surface area contributed by atoms with Crippen LogP contribution in [0.1, 0.15) is 40.0 Å². The molecule has 0 radical (unpaired) electrons. The van der Waals surface area contributed by atoms with Crippen molar-refractivity contribution in [1.29, 1.82) is 0 Å². The number of nitrogens with zero attached hydrogens (tertiary/aromatic N) is 2. The smallest absolute Gasteiger partial charge is 0.191 e. The van der Waals surface area contributed by atoms with Crippen LogP contribution in [0.15, 0.2) is 34.2 Å². The molecule has 1 aliphatic heterocycles. The highest BCUT2D eigenvalue weighted by Crippen LogP contribution is 2.18. The fourth-order valence-corrected chi connectivity index (χ4v) is 3.89. The summed E-state index contributed by atoms with van der Waals surface area (Å²) < 4.78 is 12.9. The summed E-state index contributed by atoms with van der Waals surface area (Å²) in [5, 5.41) is 6.95. The van der Waals surface area contributed by atoms with Crippen molar-refractivity contribution in [2.75, 3.05) is 31.9 Å². The highest BCUT2D eigenvalue weighted by Gasteiger charge is 2.21. The predicted octanol–water partition coefficient (Wildman–Crippen LogP) is 3.74. The fraction of sp³-hybridized carbons (Fsp3) is 0.650. The van der Waals surface area contributed by atoms with Crippen LogP contribution in [-0.4, -0.2) is 54.9 Å². The van der Waals surface area contributed by atoms with Crippen molar-refractivity contribution in [2.24, 2.45) is 4.99 Å². The number of benzene rings is 1. The number of guanidine groups is 1. The molecule has 1 aromatic carbocycles. The van der Waals surface area contributed by atoms with E-state index in [1.165, 1.54) is 25.0 Å². The molecule has 0 aliphatic carbocycles. The first-order valence-corrected chi connectivity index (χ1v) is 10.7.